The third-order valence-corrected chi connectivity index (χ3v) is 5.20. The maximum atomic E-state index is 12.6. The molecule has 0 atom stereocenters. The van der Waals surface area contributed by atoms with E-state index in [-0.39, 0.29) is 11.9 Å². The number of urea groups is 1. The lowest BCUT2D eigenvalue weighted by molar-refractivity contribution is 0.102. The van der Waals surface area contributed by atoms with Crippen molar-refractivity contribution in [2.45, 2.75) is 6.92 Å². The highest BCUT2D eigenvalue weighted by Gasteiger charge is 2.10. The van der Waals surface area contributed by atoms with Gasteiger partial charge < -0.3 is 16.0 Å². The molecule has 4 rings (SSSR count). The first-order valence-electron chi connectivity index (χ1n) is 9.69. The summed E-state index contributed by atoms with van der Waals surface area (Å²) < 4.78 is 2.67. The van der Waals surface area contributed by atoms with Crippen molar-refractivity contribution in [3.63, 3.8) is 0 Å². The lowest BCUT2D eigenvalue weighted by atomic mass is 10.2. The van der Waals surface area contributed by atoms with E-state index in [1.807, 2.05) is 43.3 Å². The maximum absolute atomic E-state index is 12.6. The number of pyridine rings is 1. The predicted octanol–water partition coefficient (Wildman–Crippen LogP) is 5.08. The number of nitrogens with zero attached hydrogens (tertiary/aromatic N) is 3. The summed E-state index contributed by atoms with van der Waals surface area (Å²) in [5.74, 6) is -0.250. The zero-order chi connectivity index (χ0) is 22.5. The average molecular weight is 538 g/mol. The summed E-state index contributed by atoms with van der Waals surface area (Å²) in [6.45, 7) is 1.88. The van der Waals surface area contributed by atoms with Gasteiger partial charge >= 0.3 is 6.03 Å². The minimum absolute atomic E-state index is 0.250. The van der Waals surface area contributed by atoms with Crippen LogP contribution >= 0.6 is 22.6 Å². The number of rotatable bonds is 5. The minimum Gasteiger partial charge on any atom is -0.321 e. The molecule has 0 radical (unpaired) electrons. The molecule has 0 aliphatic carbocycles. The smallest absolute Gasteiger partial charge is 0.321 e. The highest BCUT2D eigenvalue weighted by atomic mass is 127. The molecule has 3 N–H and O–H groups in total. The number of anilines is 3. The Balaban J connectivity index is 1.42. The molecular weight excluding hydrogens is 519 g/mol. The van der Waals surface area contributed by atoms with Crippen LogP contribution in [0.25, 0.3) is 5.69 Å². The number of nitrogens with one attached hydrogen (secondary N) is 3. The minimum atomic E-state index is -0.370. The van der Waals surface area contributed by atoms with E-state index in [1.54, 1.807) is 41.3 Å². The summed E-state index contributed by atoms with van der Waals surface area (Å²) in [5, 5.41) is 12.6. The zero-order valence-electron chi connectivity index (χ0n) is 17.0. The summed E-state index contributed by atoms with van der Waals surface area (Å²) >= 11 is 2.20. The molecule has 0 saturated carbocycles. The van der Waals surface area contributed by atoms with Crippen LogP contribution in [0.1, 0.15) is 16.1 Å². The van der Waals surface area contributed by atoms with Crippen LogP contribution in [0.2, 0.25) is 0 Å². The third kappa shape index (κ3) is 5.49. The number of aromatic nitrogens is 3. The molecule has 0 aliphatic rings. The van der Waals surface area contributed by atoms with Gasteiger partial charge in [-0.2, -0.15) is 5.10 Å². The van der Waals surface area contributed by atoms with Gasteiger partial charge in [0.1, 0.15) is 0 Å². The molecule has 0 bridgehead atoms. The molecule has 4 aromatic rings. The van der Waals surface area contributed by atoms with E-state index in [0.717, 1.165) is 9.26 Å². The molecule has 0 unspecified atom stereocenters. The second-order valence-corrected chi connectivity index (χ2v) is 8.20. The Labute approximate surface area is 198 Å². The quantitative estimate of drug-likeness (QED) is 0.309. The predicted molar refractivity (Wildman–Crippen MR) is 132 cm³/mol. The Morgan fingerprint density at radius 3 is 2.38 bits per heavy atom. The Morgan fingerprint density at radius 2 is 1.62 bits per heavy atom. The Morgan fingerprint density at radius 1 is 0.875 bits per heavy atom. The van der Waals surface area contributed by atoms with Crippen molar-refractivity contribution >= 4 is 51.6 Å². The molecule has 3 amide bonds. The standard InChI is InChI=1S/C23H19IN6O2/c1-15-5-8-19(12-25-15)27-22(31)16-3-2-4-21(11-16)30-14-20(13-26-30)29-23(32)28-18-9-6-17(24)7-10-18/h2-14H,1H3,(H,27,31)(H2,28,29,32). The van der Waals surface area contributed by atoms with Crippen molar-refractivity contribution in [3.8, 4) is 5.69 Å². The van der Waals surface area contributed by atoms with E-state index >= 15 is 0 Å². The van der Waals surface area contributed by atoms with E-state index < -0.39 is 0 Å². The molecule has 0 aliphatic heterocycles. The molecule has 2 heterocycles. The highest BCUT2D eigenvalue weighted by Crippen LogP contribution is 2.16. The van der Waals surface area contributed by atoms with Gasteiger partial charge in [0.15, 0.2) is 0 Å². The SMILES string of the molecule is Cc1ccc(NC(=O)c2cccc(-n3cc(NC(=O)Nc4ccc(I)cc4)cn3)c2)cn1. The van der Waals surface area contributed by atoms with E-state index in [1.165, 1.54) is 6.20 Å². The normalized spacial score (nSPS) is 10.4. The van der Waals surface area contributed by atoms with Gasteiger partial charge in [-0.05, 0) is 84.1 Å². The summed E-state index contributed by atoms with van der Waals surface area (Å²) in [7, 11) is 0. The van der Waals surface area contributed by atoms with Crippen molar-refractivity contribution in [2.24, 2.45) is 0 Å². The number of aryl methyl sites for hydroxylation is 1. The molecule has 0 spiro atoms. The van der Waals surface area contributed by atoms with Gasteiger partial charge in [-0.1, -0.05) is 6.07 Å². The van der Waals surface area contributed by atoms with Crippen molar-refractivity contribution < 1.29 is 9.59 Å². The summed E-state index contributed by atoms with van der Waals surface area (Å²) in [6, 6.07) is 17.8. The largest absolute Gasteiger partial charge is 0.323 e. The van der Waals surface area contributed by atoms with Crippen LogP contribution in [-0.2, 0) is 0 Å². The van der Waals surface area contributed by atoms with Gasteiger partial charge in [-0.3, -0.25) is 9.78 Å². The fourth-order valence-corrected chi connectivity index (χ4v) is 3.25. The molecule has 2 aromatic carbocycles. The lowest BCUT2D eigenvalue weighted by Gasteiger charge is -2.07. The van der Waals surface area contributed by atoms with E-state index in [0.29, 0.717) is 28.3 Å². The molecular formula is C23H19IN6O2. The molecule has 160 valence electrons. The first kappa shape index (κ1) is 21.5. The number of carbonyl (C=O) groups is 2. The second-order valence-electron chi connectivity index (χ2n) is 6.95. The van der Waals surface area contributed by atoms with Gasteiger partial charge in [-0.15, -0.1) is 0 Å². The average Bonchev–Trinajstić information content (AvgIpc) is 3.25. The number of amides is 3. The summed E-state index contributed by atoms with van der Waals surface area (Å²) in [4.78, 5) is 29.0. The van der Waals surface area contributed by atoms with Crippen LogP contribution < -0.4 is 16.0 Å². The molecule has 32 heavy (non-hydrogen) atoms. The van der Waals surface area contributed by atoms with Crippen molar-refractivity contribution in [1.29, 1.82) is 0 Å². The Bertz CT molecular complexity index is 1250. The van der Waals surface area contributed by atoms with Crippen LogP contribution in [0, 0.1) is 10.5 Å². The topological polar surface area (TPSA) is 101 Å². The fraction of sp³-hybridized carbons (Fsp3) is 0.0435. The summed E-state index contributed by atoms with van der Waals surface area (Å²) in [5.41, 5.74) is 3.87. The van der Waals surface area contributed by atoms with E-state index in [9.17, 15) is 9.59 Å². The first-order valence-corrected chi connectivity index (χ1v) is 10.8. The van der Waals surface area contributed by atoms with Crippen LogP contribution in [-0.4, -0.2) is 26.7 Å². The highest BCUT2D eigenvalue weighted by molar-refractivity contribution is 14.1. The van der Waals surface area contributed by atoms with Crippen LogP contribution in [0.4, 0.5) is 21.9 Å². The molecule has 0 saturated heterocycles. The van der Waals surface area contributed by atoms with Gasteiger partial charge in [0.25, 0.3) is 5.91 Å². The molecule has 0 fully saturated rings. The number of hydrogen-bond acceptors (Lipinski definition) is 4. The van der Waals surface area contributed by atoms with Crippen molar-refractivity contribution in [2.75, 3.05) is 16.0 Å². The monoisotopic (exact) mass is 538 g/mol. The third-order valence-electron chi connectivity index (χ3n) is 4.48. The van der Waals surface area contributed by atoms with Gasteiger partial charge in [0.2, 0.25) is 0 Å². The summed E-state index contributed by atoms with van der Waals surface area (Å²) in [6.07, 6.45) is 4.83. The first-order chi connectivity index (χ1) is 15.5. The molecule has 9 heteroatoms. The van der Waals surface area contributed by atoms with Crippen molar-refractivity contribution in [3.05, 3.63) is 94.1 Å². The fourth-order valence-electron chi connectivity index (χ4n) is 2.89. The second kappa shape index (κ2) is 9.60. The number of carbonyl (C=O) groups excluding carboxylic acids is 2. The number of hydrogen-bond donors (Lipinski definition) is 3. The van der Waals surface area contributed by atoms with Gasteiger partial charge in [0, 0.05) is 20.5 Å². The Kier molecular flexibility index (Phi) is 6.45. The van der Waals surface area contributed by atoms with E-state index in [2.05, 4.69) is 48.6 Å². The van der Waals surface area contributed by atoms with Gasteiger partial charge in [0.05, 0.1) is 35.7 Å². The van der Waals surface area contributed by atoms with Crippen LogP contribution in [0.5, 0.6) is 0 Å². The maximum Gasteiger partial charge on any atom is 0.323 e. The Hall–Kier alpha value is -3.73. The van der Waals surface area contributed by atoms with Gasteiger partial charge in [-0.25, -0.2) is 9.48 Å². The van der Waals surface area contributed by atoms with Crippen molar-refractivity contribution in [1.82, 2.24) is 14.8 Å². The van der Waals surface area contributed by atoms with E-state index in [4.69, 9.17) is 0 Å². The number of halogens is 1. The molecule has 2 aromatic heterocycles. The van der Waals surface area contributed by atoms with Crippen LogP contribution in [0.3, 0.4) is 0 Å². The lowest BCUT2D eigenvalue weighted by Crippen LogP contribution is -2.19. The molecule has 8 nitrogen and oxygen atoms in total. The van der Waals surface area contributed by atoms with Crippen LogP contribution in [0.15, 0.2) is 79.3 Å². The number of benzene rings is 2. The zero-order valence-corrected chi connectivity index (χ0v) is 19.2.